The van der Waals surface area contributed by atoms with Crippen molar-refractivity contribution in [2.75, 3.05) is 6.54 Å². The lowest BCUT2D eigenvalue weighted by molar-refractivity contribution is 0.549. The van der Waals surface area contributed by atoms with Crippen LogP contribution in [0.1, 0.15) is 24.9 Å². The lowest BCUT2D eigenvalue weighted by atomic mass is 10.0. The predicted octanol–water partition coefficient (Wildman–Crippen LogP) is 4.79. The molecular weight excluding hydrogens is 264 g/mol. The molecule has 1 nitrogen and oxygen atoms in total. The van der Waals surface area contributed by atoms with E-state index in [0.717, 1.165) is 12.0 Å². The topological polar surface area (TPSA) is 12.0 Å². The molecule has 1 aromatic rings. The van der Waals surface area contributed by atoms with Crippen LogP contribution in [0.25, 0.3) is 0 Å². The Morgan fingerprint density at radius 3 is 2.62 bits per heavy atom. The van der Waals surface area contributed by atoms with Crippen molar-refractivity contribution in [2.24, 2.45) is 0 Å². The quantitative estimate of drug-likeness (QED) is 0.817. The second-order valence-corrected chi connectivity index (χ2v) is 4.90. The molecule has 1 aromatic carbocycles. The summed E-state index contributed by atoms with van der Waals surface area (Å²) in [4.78, 5) is 0. The molecule has 0 heterocycles. The Balaban J connectivity index is 2.82. The first-order valence-electron chi connectivity index (χ1n) is 5.06. The fraction of sp³-hybridized carbons (Fsp3) is 0.333. The van der Waals surface area contributed by atoms with Crippen LogP contribution in [0.3, 0.4) is 0 Å². The average molecular weight is 279 g/mol. The van der Waals surface area contributed by atoms with Crippen molar-refractivity contribution in [1.82, 2.24) is 5.32 Å². The molecule has 0 aromatic heterocycles. The standard InChI is InChI=1S/C12H14Cl3N/c1-3-12(16-7-8(2)13)10-5-4-9(14)6-11(10)15/h4-6,12,16H,2-3,7H2,1H3. The van der Waals surface area contributed by atoms with E-state index < -0.39 is 0 Å². The number of hydrogen-bond donors (Lipinski definition) is 1. The van der Waals surface area contributed by atoms with Crippen LogP contribution in [0.2, 0.25) is 10.0 Å². The maximum absolute atomic E-state index is 6.14. The van der Waals surface area contributed by atoms with Crippen LogP contribution in [0, 0.1) is 0 Å². The normalized spacial score (nSPS) is 12.5. The van der Waals surface area contributed by atoms with Gasteiger partial charge in [0.25, 0.3) is 0 Å². The van der Waals surface area contributed by atoms with Gasteiger partial charge in [-0.2, -0.15) is 0 Å². The van der Waals surface area contributed by atoms with Gasteiger partial charge in [0, 0.05) is 27.7 Å². The molecule has 4 heteroatoms. The van der Waals surface area contributed by atoms with E-state index in [2.05, 4.69) is 18.8 Å². The van der Waals surface area contributed by atoms with Crippen LogP contribution < -0.4 is 5.32 Å². The molecule has 1 rings (SSSR count). The second kappa shape index (κ2) is 6.51. The number of halogens is 3. The summed E-state index contributed by atoms with van der Waals surface area (Å²) >= 11 is 17.7. The molecular formula is C12H14Cl3N. The van der Waals surface area contributed by atoms with Gasteiger partial charge >= 0.3 is 0 Å². The Kier molecular flexibility index (Phi) is 5.63. The summed E-state index contributed by atoms with van der Waals surface area (Å²) < 4.78 is 0. The molecule has 0 saturated heterocycles. The SMILES string of the molecule is C=C(Cl)CNC(CC)c1ccc(Cl)cc1Cl. The summed E-state index contributed by atoms with van der Waals surface area (Å²) in [7, 11) is 0. The molecule has 0 fully saturated rings. The minimum absolute atomic E-state index is 0.167. The molecule has 0 bridgehead atoms. The summed E-state index contributed by atoms with van der Waals surface area (Å²) in [6, 6.07) is 5.68. The van der Waals surface area contributed by atoms with E-state index >= 15 is 0 Å². The van der Waals surface area contributed by atoms with Crippen LogP contribution in [0.15, 0.2) is 29.8 Å². The number of benzene rings is 1. The van der Waals surface area contributed by atoms with E-state index in [1.807, 2.05) is 12.1 Å². The van der Waals surface area contributed by atoms with Crippen molar-refractivity contribution in [3.63, 3.8) is 0 Å². The number of rotatable bonds is 5. The van der Waals surface area contributed by atoms with Gasteiger partial charge in [0.15, 0.2) is 0 Å². The lowest BCUT2D eigenvalue weighted by Gasteiger charge is -2.18. The van der Waals surface area contributed by atoms with Gasteiger partial charge in [-0.25, -0.2) is 0 Å². The third-order valence-corrected chi connectivity index (χ3v) is 2.98. The summed E-state index contributed by atoms with van der Waals surface area (Å²) in [5.41, 5.74) is 1.03. The summed E-state index contributed by atoms with van der Waals surface area (Å²) in [6.45, 7) is 6.29. The molecule has 1 unspecified atom stereocenters. The van der Waals surface area contributed by atoms with Gasteiger partial charge < -0.3 is 5.32 Å². The largest absolute Gasteiger partial charge is 0.305 e. The zero-order valence-corrected chi connectivity index (χ0v) is 11.3. The molecule has 88 valence electrons. The molecule has 0 radical (unpaired) electrons. The molecule has 0 aliphatic heterocycles. The Labute approximate surface area is 111 Å². The predicted molar refractivity (Wildman–Crippen MR) is 72.5 cm³/mol. The first-order chi connectivity index (χ1) is 7.54. The van der Waals surface area contributed by atoms with E-state index in [0.29, 0.717) is 21.6 Å². The highest BCUT2D eigenvalue weighted by Gasteiger charge is 2.12. The highest BCUT2D eigenvalue weighted by atomic mass is 35.5. The smallest absolute Gasteiger partial charge is 0.0468 e. The zero-order chi connectivity index (χ0) is 12.1. The maximum atomic E-state index is 6.14. The third kappa shape index (κ3) is 3.99. The van der Waals surface area contributed by atoms with Gasteiger partial charge in [0.05, 0.1) is 0 Å². The molecule has 1 N–H and O–H groups in total. The van der Waals surface area contributed by atoms with Crippen LogP contribution >= 0.6 is 34.8 Å². The maximum Gasteiger partial charge on any atom is 0.0468 e. The highest BCUT2D eigenvalue weighted by Crippen LogP contribution is 2.28. The molecule has 0 spiro atoms. The van der Waals surface area contributed by atoms with Crippen molar-refractivity contribution in [3.05, 3.63) is 45.4 Å². The fourth-order valence-electron chi connectivity index (χ4n) is 1.49. The third-order valence-electron chi connectivity index (χ3n) is 2.29. The van der Waals surface area contributed by atoms with Gasteiger partial charge in [-0.3, -0.25) is 0 Å². The van der Waals surface area contributed by atoms with Crippen molar-refractivity contribution >= 4 is 34.8 Å². The summed E-state index contributed by atoms with van der Waals surface area (Å²) in [5, 5.41) is 5.19. The first-order valence-corrected chi connectivity index (χ1v) is 6.19. The summed E-state index contributed by atoms with van der Waals surface area (Å²) in [6.07, 6.45) is 0.922. The van der Waals surface area contributed by atoms with Gasteiger partial charge in [0.1, 0.15) is 0 Å². The number of hydrogen-bond acceptors (Lipinski definition) is 1. The molecule has 0 aliphatic rings. The minimum Gasteiger partial charge on any atom is -0.305 e. The Morgan fingerprint density at radius 2 is 2.12 bits per heavy atom. The van der Waals surface area contributed by atoms with Crippen molar-refractivity contribution in [2.45, 2.75) is 19.4 Å². The second-order valence-electron chi connectivity index (χ2n) is 3.52. The summed E-state index contributed by atoms with van der Waals surface area (Å²) in [5.74, 6) is 0. The Hall–Kier alpha value is -0.210. The van der Waals surface area contributed by atoms with Crippen molar-refractivity contribution in [3.8, 4) is 0 Å². The minimum atomic E-state index is 0.167. The van der Waals surface area contributed by atoms with Gasteiger partial charge in [0.2, 0.25) is 0 Å². The van der Waals surface area contributed by atoms with E-state index in [-0.39, 0.29) is 6.04 Å². The molecule has 1 atom stereocenters. The van der Waals surface area contributed by atoms with E-state index in [1.165, 1.54) is 0 Å². The monoisotopic (exact) mass is 277 g/mol. The number of nitrogens with one attached hydrogen (secondary N) is 1. The lowest BCUT2D eigenvalue weighted by Crippen LogP contribution is -2.22. The van der Waals surface area contributed by atoms with Crippen molar-refractivity contribution in [1.29, 1.82) is 0 Å². The molecule has 0 saturated carbocycles. The molecule has 0 amide bonds. The van der Waals surface area contributed by atoms with E-state index in [4.69, 9.17) is 34.8 Å². The van der Waals surface area contributed by atoms with Gasteiger partial charge in [-0.1, -0.05) is 54.4 Å². The molecule has 0 aliphatic carbocycles. The van der Waals surface area contributed by atoms with Crippen LogP contribution in [-0.2, 0) is 0 Å². The first kappa shape index (κ1) is 13.9. The zero-order valence-electron chi connectivity index (χ0n) is 9.06. The Bertz CT molecular complexity index is 377. The van der Waals surface area contributed by atoms with Gasteiger partial charge in [-0.15, -0.1) is 0 Å². The van der Waals surface area contributed by atoms with Crippen LogP contribution in [0.4, 0.5) is 0 Å². The Morgan fingerprint density at radius 1 is 1.44 bits per heavy atom. The fourth-order valence-corrected chi connectivity index (χ4v) is 2.11. The average Bonchev–Trinajstić information content (AvgIpc) is 2.21. The van der Waals surface area contributed by atoms with Crippen LogP contribution in [-0.4, -0.2) is 6.54 Å². The van der Waals surface area contributed by atoms with E-state index in [9.17, 15) is 0 Å². The highest BCUT2D eigenvalue weighted by molar-refractivity contribution is 6.35. The van der Waals surface area contributed by atoms with Crippen molar-refractivity contribution < 1.29 is 0 Å². The van der Waals surface area contributed by atoms with Gasteiger partial charge in [-0.05, 0) is 24.1 Å². The molecule has 16 heavy (non-hydrogen) atoms. The van der Waals surface area contributed by atoms with E-state index in [1.54, 1.807) is 6.07 Å². The van der Waals surface area contributed by atoms with Crippen LogP contribution in [0.5, 0.6) is 0 Å².